The number of nitrogens with zero attached hydrogens (tertiary/aromatic N) is 1. The minimum absolute atomic E-state index is 0.0197. The van der Waals surface area contributed by atoms with Crippen molar-refractivity contribution in [1.29, 1.82) is 0 Å². The number of carbonyl (C=O) groups is 2. The summed E-state index contributed by atoms with van der Waals surface area (Å²) in [5, 5.41) is 0. The number of hydrogen-bond donors (Lipinski definition) is 0. The minimum Gasteiger partial charge on any atom is -0.493 e. The Labute approximate surface area is 163 Å². The van der Waals surface area contributed by atoms with Gasteiger partial charge in [-0.3, -0.25) is 9.59 Å². The van der Waals surface area contributed by atoms with Gasteiger partial charge in [-0.2, -0.15) is 0 Å². The van der Waals surface area contributed by atoms with Crippen molar-refractivity contribution in [3.05, 3.63) is 35.5 Å². The predicted molar refractivity (Wildman–Crippen MR) is 101 cm³/mol. The van der Waals surface area contributed by atoms with Gasteiger partial charge in [0.05, 0.1) is 35.5 Å². The highest BCUT2D eigenvalue weighted by Crippen LogP contribution is 2.38. The Kier molecular flexibility index (Phi) is 7.20. The minimum atomic E-state index is -0.228. The molecule has 2 aromatic rings. The van der Waals surface area contributed by atoms with Crippen LogP contribution in [0, 0.1) is 0 Å². The zero-order chi connectivity index (χ0) is 20.7. The second-order valence-electron chi connectivity index (χ2n) is 5.70. The van der Waals surface area contributed by atoms with E-state index in [1.165, 1.54) is 47.8 Å². The molecule has 0 bridgehead atoms. The van der Waals surface area contributed by atoms with Crippen LogP contribution in [0.5, 0.6) is 28.9 Å². The van der Waals surface area contributed by atoms with Gasteiger partial charge >= 0.3 is 0 Å². The van der Waals surface area contributed by atoms with E-state index < -0.39 is 0 Å². The van der Waals surface area contributed by atoms with E-state index in [-0.39, 0.29) is 30.3 Å². The summed E-state index contributed by atoms with van der Waals surface area (Å²) in [5.74, 6) is 1.34. The fraction of sp³-hybridized carbons (Fsp3) is 0.350. The van der Waals surface area contributed by atoms with E-state index in [0.717, 1.165) is 0 Å². The van der Waals surface area contributed by atoms with Crippen LogP contribution >= 0.6 is 0 Å². The van der Waals surface area contributed by atoms with E-state index >= 15 is 0 Å². The van der Waals surface area contributed by atoms with Crippen molar-refractivity contribution in [2.45, 2.75) is 12.8 Å². The number of pyridine rings is 1. The van der Waals surface area contributed by atoms with Crippen LogP contribution in [0.1, 0.15) is 33.6 Å². The molecule has 2 rings (SSSR count). The molecule has 28 heavy (non-hydrogen) atoms. The first-order valence-electron chi connectivity index (χ1n) is 8.43. The van der Waals surface area contributed by atoms with Gasteiger partial charge in [0, 0.05) is 30.2 Å². The maximum absolute atomic E-state index is 12.6. The van der Waals surface area contributed by atoms with Crippen LogP contribution < -0.4 is 23.7 Å². The topological polar surface area (TPSA) is 93.2 Å². The number of rotatable bonds is 10. The number of ketones is 2. The van der Waals surface area contributed by atoms with E-state index in [0.29, 0.717) is 34.1 Å². The smallest absolute Gasteiger partial charge is 0.256 e. The Morgan fingerprint density at radius 1 is 0.714 bits per heavy atom. The second kappa shape index (κ2) is 9.59. The van der Waals surface area contributed by atoms with E-state index in [1.807, 2.05) is 0 Å². The van der Waals surface area contributed by atoms with Crippen LogP contribution in [-0.4, -0.2) is 52.1 Å². The lowest BCUT2D eigenvalue weighted by molar-refractivity contribution is 0.0916. The highest BCUT2D eigenvalue weighted by Gasteiger charge is 2.19. The SMILES string of the molecule is COc1cc(C(=O)CCC(=O)c2cc(OC)c(OC)c(OC)c2)cnc1OC. The second-order valence-corrected chi connectivity index (χ2v) is 5.70. The van der Waals surface area contributed by atoms with Gasteiger partial charge in [0.1, 0.15) is 0 Å². The molecule has 1 heterocycles. The van der Waals surface area contributed by atoms with Gasteiger partial charge in [0.2, 0.25) is 5.75 Å². The number of ether oxygens (including phenoxy) is 5. The molecule has 0 aliphatic rings. The van der Waals surface area contributed by atoms with Gasteiger partial charge in [-0.1, -0.05) is 0 Å². The Hall–Kier alpha value is -3.29. The molecule has 0 aliphatic heterocycles. The Morgan fingerprint density at radius 3 is 1.68 bits per heavy atom. The lowest BCUT2D eigenvalue weighted by Crippen LogP contribution is -2.07. The molecule has 0 atom stereocenters. The summed E-state index contributed by atoms with van der Waals surface area (Å²) in [4.78, 5) is 29.1. The van der Waals surface area contributed by atoms with Crippen LogP contribution in [0.25, 0.3) is 0 Å². The molecule has 8 nitrogen and oxygen atoms in total. The molecule has 1 aromatic carbocycles. The summed E-state index contributed by atoms with van der Waals surface area (Å²) < 4.78 is 26.0. The molecule has 0 fully saturated rings. The quantitative estimate of drug-likeness (QED) is 0.573. The van der Waals surface area contributed by atoms with Crippen molar-refractivity contribution >= 4 is 11.6 Å². The Balaban J connectivity index is 2.14. The van der Waals surface area contributed by atoms with Gasteiger partial charge in [0.15, 0.2) is 28.8 Å². The Morgan fingerprint density at radius 2 is 1.21 bits per heavy atom. The van der Waals surface area contributed by atoms with E-state index in [2.05, 4.69) is 4.98 Å². The van der Waals surface area contributed by atoms with Crippen molar-refractivity contribution in [2.24, 2.45) is 0 Å². The van der Waals surface area contributed by atoms with E-state index in [9.17, 15) is 9.59 Å². The summed E-state index contributed by atoms with van der Waals surface area (Å²) in [6.45, 7) is 0. The van der Waals surface area contributed by atoms with Crippen molar-refractivity contribution < 1.29 is 33.3 Å². The first kappa shape index (κ1) is 21.0. The van der Waals surface area contributed by atoms with Crippen molar-refractivity contribution in [3.8, 4) is 28.9 Å². The number of benzene rings is 1. The zero-order valence-corrected chi connectivity index (χ0v) is 16.5. The summed E-state index contributed by atoms with van der Waals surface area (Å²) in [6.07, 6.45) is 1.44. The van der Waals surface area contributed by atoms with Crippen molar-refractivity contribution in [1.82, 2.24) is 4.98 Å². The fourth-order valence-corrected chi connectivity index (χ4v) is 2.64. The molecule has 0 N–H and O–H groups in total. The largest absolute Gasteiger partial charge is 0.493 e. The van der Waals surface area contributed by atoms with Crippen LogP contribution in [0.4, 0.5) is 0 Å². The first-order valence-corrected chi connectivity index (χ1v) is 8.43. The maximum atomic E-state index is 12.6. The van der Waals surface area contributed by atoms with Gasteiger partial charge in [-0.15, -0.1) is 0 Å². The van der Waals surface area contributed by atoms with Crippen LogP contribution in [-0.2, 0) is 0 Å². The van der Waals surface area contributed by atoms with Crippen LogP contribution in [0.2, 0.25) is 0 Å². The van der Waals surface area contributed by atoms with Crippen molar-refractivity contribution in [2.75, 3.05) is 35.5 Å². The van der Waals surface area contributed by atoms with Crippen molar-refractivity contribution in [3.63, 3.8) is 0 Å². The molecular weight excluding hydrogens is 366 g/mol. The molecule has 0 spiro atoms. The number of hydrogen-bond acceptors (Lipinski definition) is 8. The molecule has 0 radical (unpaired) electrons. The molecule has 0 unspecified atom stereocenters. The Bertz CT molecular complexity index is 839. The standard InChI is InChI=1S/C20H23NO7/c1-24-16-8-12(9-17(25-2)19(16)27-4)14(22)6-7-15(23)13-10-18(26-3)20(28-5)21-11-13/h8-11H,6-7H2,1-5H3. The lowest BCUT2D eigenvalue weighted by atomic mass is 10.0. The molecule has 0 saturated carbocycles. The van der Waals surface area contributed by atoms with Gasteiger partial charge in [-0.05, 0) is 18.2 Å². The number of aromatic nitrogens is 1. The molecule has 150 valence electrons. The maximum Gasteiger partial charge on any atom is 0.256 e. The number of methoxy groups -OCH3 is 5. The third-order valence-corrected chi connectivity index (χ3v) is 4.12. The monoisotopic (exact) mass is 389 g/mol. The predicted octanol–water partition coefficient (Wildman–Crippen LogP) is 2.97. The van der Waals surface area contributed by atoms with Gasteiger partial charge in [-0.25, -0.2) is 4.98 Å². The summed E-state index contributed by atoms with van der Waals surface area (Å²) in [5.41, 5.74) is 0.711. The fourth-order valence-electron chi connectivity index (χ4n) is 2.64. The van der Waals surface area contributed by atoms with E-state index in [4.69, 9.17) is 23.7 Å². The third kappa shape index (κ3) is 4.51. The highest BCUT2D eigenvalue weighted by molar-refractivity contribution is 6.02. The summed E-state index contributed by atoms with van der Waals surface area (Å²) in [7, 11) is 7.35. The lowest BCUT2D eigenvalue weighted by Gasteiger charge is -2.13. The van der Waals surface area contributed by atoms with Gasteiger partial charge < -0.3 is 23.7 Å². The summed E-state index contributed by atoms with van der Waals surface area (Å²) in [6, 6.07) is 4.66. The zero-order valence-electron chi connectivity index (χ0n) is 16.5. The first-order chi connectivity index (χ1) is 13.5. The summed E-state index contributed by atoms with van der Waals surface area (Å²) >= 11 is 0. The van der Waals surface area contributed by atoms with Gasteiger partial charge in [0.25, 0.3) is 5.88 Å². The molecule has 0 aliphatic carbocycles. The molecule has 8 heteroatoms. The normalized spacial score (nSPS) is 10.2. The average molecular weight is 389 g/mol. The highest BCUT2D eigenvalue weighted by atomic mass is 16.5. The molecule has 0 saturated heterocycles. The van der Waals surface area contributed by atoms with Crippen LogP contribution in [0.15, 0.2) is 24.4 Å². The third-order valence-electron chi connectivity index (χ3n) is 4.12. The molecule has 1 aromatic heterocycles. The van der Waals surface area contributed by atoms with Crippen LogP contribution in [0.3, 0.4) is 0 Å². The average Bonchev–Trinajstić information content (AvgIpc) is 2.75. The number of Topliss-reactive ketones (excluding diaryl/α,β-unsaturated/α-hetero) is 2. The molecule has 0 amide bonds. The van der Waals surface area contributed by atoms with E-state index in [1.54, 1.807) is 12.1 Å². The molecular formula is C20H23NO7. The number of carbonyl (C=O) groups excluding carboxylic acids is 2.